The molecule has 0 atom stereocenters. The van der Waals surface area contributed by atoms with E-state index < -0.39 is 11.3 Å². The maximum Gasteiger partial charge on any atom is 0.265 e. The zero-order valence-corrected chi connectivity index (χ0v) is 17.3. The topological polar surface area (TPSA) is 73.7 Å². The third kappa shape index (κ3) is 3.01. The monoisotopic (exact) mass is 399 g/mol. The van der Waals surface area contributed by atoms with Gasteiger partial charge in [-0.1, -0.05) is 19.3 Å². The number of carbonyl (C=O) groups is 1. The minimum Gasteiger partial charge on any atom is -0.390 e. The molecule has 1 amide bonds. The molecule has 28 heavy (non-hydrogen) atoms. The van der Waals surface area contributed by atoms with E-state index in [4.69, 9.17) is 0 Å². The van der Waals surface area contributed by atoms with E-state index in [1.165, 1.54) is 24.8 Å². The van der Waals surface area contributed by atoms with Crippen LogP contribution in [0.1, 0.15) is 79.3 Å². The van der Waals surface area contributed by atoms with Crippen LogP contribution in [0.2, 0.25) is 0 Å². The Morgan fingerprint density at radius 2 is 1.89 bits per heavy atom. The first-order valence-electron chi connectivity index (χ1n) is 10.6. The number of hydrogen-bond acceptors (Lipinski definition) is 5. The van der Waals surface area contributed by atoms with Crippen LogP contribution in [0.5, 0.6) is 0 Å². The fourth-order valence-corrected chi connectivity index (χ4v) is 6.60. The number of nitrogens with zero attached hydrogens (tertiary/aromatic N) is 1. The van der Waals surface area contributed by atoms with Gasteiger partial charge in [-0.3, -0.25) is 9.79 Å². The lowest BCUT2D eigenvalue weighted by atomic mass is 9.67. The highest BCUT2D eigenvalue weighted by molar-refractivity contribution is 7.16. The van der Waals surface area contributed by atoms with E-state index in [1.54, 1.807) is 11.3 Å². The van der Waals surface area contributed by atoms with Gasteiger partial charge in [-0.25, -0.2) is 0 Å². The van der Waals surface area contributed by atoms with E-state index in [2.05, 4.69) is 28.6 Å². The molecule has 2 aliphatic heterocycles. The van der Waals surface area contributed by atoms with E-state index >= 15 is 0 Å². The number of anilines is 1. The first-order chi connectivity index (χ1) is 13.5. The molecule has 4 aliphatic rings. The molecule has 0 saturated heterocycles. The fourth-order valence-electron chi connectivity index (χ4n) is 5.50. The Labute approximate surface area is 170 Å². The van der Waals surface area contributed by atoms with Crippen molar-refractivity contribution >= 4 is 34.7 Å². The summed E-state index contributed by atoms with van der Waals surface area (Å²) < 4.78 is 0. The molecule has 0 aromatic carbocycles. The van der Waals surface area contributed by atoms with Crippen LogP contribution in [0.4, 0.5) is 5.69 Å². The first kappa shape index (κ1) is 18.4. The van der Waals surface area contributed by atoms with Gasteiger partial charge in [-0.15, -0.1) is 11.3 Å². The van der Waals surface area contributed by atoms with Crippen LogP contribution in [0.25, 0.3) is 5.57 Å². The predicted molar refractivity (Wildman–Crippen MR) is 114 cm³/mol. The molecule has 6 heteroatoms. The van der Waals surface area contributed by atoms with Crippen LogP contribution >= 0.6 is 11.3 Å². The smallest absolute Gasteiger partial charge is 0.265 e. The van der Waals surface area contributed by atoms with Gasteiger partial charge in [0.2, 0.25) is 0 Å². The highest BCUT2D eigenvalue weighted by Gasteiger charge is 2.48. The van der Waals surface area contributed by atoms with Crippen LogP contribution < -0.4 is 10.6 Å². The van der Waals surface area contributed by atoms with Gasteiger partial charge in [0, 0.05) is 16.7 Å². The van der Waals surface area contributed by atoms with Crippen molar-refractivity contribution in [2.45, 2.75) is 76.0 Å². The summed E-state index contributed by atoms with van der Waals surface area (Å²) in [4.78, 5) is 19.1. The molecule has 5 nitrogen and oxygen atoms in total. The summed E-state index contributed by atoms with van der Waals surface area (Å²) in [6.07, 6.45) is 11.1. The van der Waals surface area contributed by atoms with Crippen molar-refractivity contribution in [2.75, 3.05) is 11.9 Å². The summed E-state index contributed by atoms with van der Waals surface area (Å²) in [6.45, 7) is 2.85. The molecule has 3 heterocycles. The second-order valence-corrected chi connectivity index (χ2v) is 10.2. The lowest BCUT2D eigenvalue weighted by molar-refractivity contribution is -0.0744. The molecule has 2 saturated carbocycles. The third-order valence-corrected chi connectivity index (χ3v) is 8.44. The molecular weight excluding hydrogens is 370 g/mol. The summed E-state index contributed by atoms with van der Waals surface area (Å²) in [5.74, 6) is 0.444. The lowest BCUT2D eigenvalue weighted by Gasteiger charge is -2.49. The lowest BCUT2D eigenvalue weighted by Crippen LogP contribution is -2.61. The number of nitrogens with one attached hydrogen (secondary N) is 2. The number of allylic oxidation sites excluding steroid dienone is 1. The minimum atomic E-state index is -0.555. The molecular formula is C22H29N3O2S. The molecule has 5 rings (SSSR count). The van der Waals surface area contributed by atoms with E-state index in [-0.39, 0.29) is 5.91 Å². The number of carbonyl (C=O) groups excluding carboxylic acids is 1. The summed E-state index contributed by atoms with van der Waals surface area (Å²) in [5.41, 5.74) is 2.37. The molecule has 0 unspecified atom stereocenters. The van der Waals surface area contributed by atoms with Gasteiger partial charge in [0.15, 0.2) is 0 Å². The quantitative estimate of drug-likeness (QED) is 0.692. The molecule has 1 aromatic rings. The largest absolute Gasteiger partial charge is 0.390 e. The van der Waals surface area contributed by atoms with Gasteiger partial charge in [-0.05, 0) is 63.0 Å². The molecule has 2 fully saturated rings. The Balaban J connectivity index is 1.35. The number of thiophene rings is 1. The number of fused-ring (bicyclic) bond motifs is 1. The number of hydrogen-bond donors (Lipinski definition) is 3. The van der Waals surface area contributed by atoms with Gasteiger partial charge in [-0.2, -0.15) is 0 Å². The Bertz CT molecular complexity index is 855. The second kappa shape index (κ2) is 6.70. The molecule has 0 radical (unpaired) electrons. The average molecular weight is 400 g/mol. The van der Waals surface area contributed by atoms with Gasteiger partial charge in [0.25, 0.3) is 5.91 Å². The summed E-state index contributed by atoms with van der Waals surface area (Å²) in [5, 5.41) is 18.2. The van der Waals surface area contributed by atoms with E-state index in [0.29, 0.717) is 5.92 Å². The van der Waals surface area contributed by atoms with Crippen LogP contribution in [0.15, 0.2) is 16.6 Å². The number of aliphatic imine (C=N–C) groups is 1. The highest BCUT2D eigenvalue weighted by atomic mass is 32.1. The predicted octanol–water partition coefficient (Wildman–Crippen LogP) is 4.34. The zero-order chi connectivity index (χ0) is 19.4. The average Bonchev–Trinajstić information content (AvgIpc) is 3.31. The van der Waals surface area contributed by atoms with Gasteiger partial charge in [0.1, 0.15) is 10.5 Å². The summed E-state index contributed by atoms with van der Waals surface area (Å²) in [7, 11) is 0. The Hall–Kier alpha value is -1.66. The summed E-state index contributed by atoms with van der Waals surface area (Å²) in [6, 6.07) is 2.11. The van der Waals surface area contributed by atoms with E-state index in [0.717, 1.165) is 66.1 Å². The van der Waals surface area contributed by atoms with Crippen molar-refractivity contribution in [1.29, 1.82) is 0 Å². The van der Waals surface area contributed by atoms with Crippen LogP contribution in [0, 0.1) is 5.92 Å². The normalized spacial score (nSPS) is 33.1. The fraction of sp³-hybridized carbons (Fsp3) is 0.636. The van der Waals surface area contributed by atoms with Gasteiger partial charge >= 0.3 is 0 Å². The molecule has 0 bridgehead atoms. The Kier molecular flexibility index (Phi) is 4.40. The van der Waals surface area contributed by atoms with E-state index in [1.807, 2.05) is 6.21 Å². The number of rotatable bonds is 2. The van der Waals surface area contributed by atoms with Gasteiger partial charge in [0.05, 0.1) is 17.8 Å². The van der Waals surface area contributed by atoms with Crippen LogP contribution in [0.3, 0.4) is 0 Å². The molecule has 3 N–H and O–H groups in total. The number of aliphatic hydroxyl groups is 1. The molecule has 1 aromatic heterocycles. The van der Waals surface area contributed by atoms with Crippen molar-refractivity contribution in [1.82, 2.24) is 5.32 Å². The van der Waals surface area contributed by atoms with Crippen molar-refractivity contribution in [3.63, 3.8) is 0 Å². The molecule has 2 aliphatic carbocycles. The SMILES string of the molecule is CC1=C(c2cc3c(s2)C(=O)NC2(CCC(O)(C4CCCCC4)CC2)N3)C=NC1. The third-order valence-electron chi connectivity index (χ3n) is 7.27. The van der Waals surface area contributed by atoms with Gasteiger partial charge < -0.3 is 15.7 Å². The van der Waals surface area contributed by atoms with Crippen molar-refractivity contribution < 1.29 is 9.90 Å². The van der Waals surface area contributed by atoms with Crippen molar-refractivity contribution in [3.05, 3.63) is 21.4 Å². The first-order valence-corrected chi connectivity index (χ1v) is 11.5. The standard InChI is InChI=1S/C22H29N3O2S/c1-14-12-23-13-16(14)18-11-17-19(28-18)20(26)25-22(24-17)9-7-21(27,8-10-22)15-5-3-2-4-6-15/h11,13,15,24,27H,2-10,12H2,1H3,(H,25,26). The highest BCUT2D eigenvalue weighted by Crippen LogP contribution is 2.47. The maximum atomic E-state index is 12.9. The number of amides is 1. The zero-order valence-electron chi connectivity index (χ0n) is 16.5. The second-order valence-electron chi connectivity index (χ2n) is 9.12. The van der Waals surface area contributed by atoms with E-state index in [9.17, 15) is 9.90 Å². The van der Waals surface area contributed by atoms with Crippen molar-refractivity contribution in [3.8, 4) is 0 Å². The van der Waals surface area contributed by atoms with Crippen molar-refractivity contribution in [2.24, 2.45) is 10.9 Å². The summed E-state index contributed by atoms with van der Waals surface area (Å²) >= 11 is 1.54. The molecule has 1 spiro atoms. The Morgan fingerprint density at radius 3 is 2.57 bits per heavy atom. The molecule has 150 valence electrons. The minimum absolute atomic E-state index is 0.0151. The maximum absolute atomic E-state index is 12.9. The van der Waals surface area contributed by atoms with Crippen LogP contribution in [-0.2, 0) is 0 Å². The van der Waals surface area contributed by atoms with Crippen LogP contribution in [-0.4, -0.2) is 35.0 Å². The Morgan fingerprint density at radius 1 is 1.14 bits per heavy atom.